The summed E-state index contributed by atoms with van der Waals surface area (Å²) in [6, 6.07) is 4.77. The van der Waals surface area contributed by atoms with Crippen LogP contribution in [0.25, 0.3) is 0 Å². The Kier molecular flexibility index (Phi) is 2.69. The van der Waals surface area contributed by atoms with Crippen LogP contribution in [-0.2, 0) is 0 Å². The van der Waals surface area contributed by atoms with E-state index in [1.165, 1.54) is 12.1 Å². The third-order valence-electron chi connectivity index (χ3n) is 1.37. The van der Waals surface area contributed by atoms with Crippen LogP contribution in [0.5, 0.6) is 0 Å². The van der Waals surface area contributed by atoms with Crippen LogP contribution in [0.3, 0.4) is 0 Å². The molecule has 0 radical (unpaired) electrons. The summed E-state index contributed by atoms with van der Waals surface area (Å²) in [7, 11) is 0. The number of halogens is 2. The van der Waals surface area contributed by atoms with E-state index in [4.69, 9.17) is 28.5 Å². The van der Waals surface area contributed by atoms with Crippen LogP contribution in [-0.4, -0.2) is 6.29 Å². The first kappa shape index (κ1) is 9.05. The van der Waals surface area contributed by atoms with Crippen molar-refractivity contribution >= 4 is 29.5 Å². The summed E-state index contributed by atoms with van der Waals surface area (Å²) in [5, 5.41) is 9.08. The maximum Gasteiger partial charge on any atom is 0.152 e. The highest BCUT2D eigenvalue weighted by atomic mass is 35.5. The number of nitrogens with zero attached hydrogens (tertiary/aromatic N) is 1. The van der Waals surface area contributed by atoms with Gasteiger partial charge in [0.05, 0.1) is 21.2 Å². The van der Waals surface area contributed by atoms with E-state index in [1.807, 2.05) is 6.07 Å². The Morgan fingerprint density at radius 3 is 2.33 bits per heavy atom. The quantitative estimate of drug-likeness (QED) is 0.653. The number of aldehydes is 1. The third-order valence-corrected chi connectivity index (χ3v) is 2.02. The van der Waals surface area contributed by atoms with Crippen LogP contribution in [0.2, 0.25) is 10.0 Å². The molecule has 0 N–H and O–H groups in total. The minimum atomic E-state index is 0.124. The highest BCUT2D eigenvalue weighted by Gasteiger charge is 2.09. The normalized spacial score (nSPS) is 9.08. The Hall–Kier alpha value is -1.04. The molecule has 0 aliphatic rings. The van der Waals surface area contributed by atoms with Crippen LogP contribution >= 0.6 is 23.2 Å². The molecule has 0 atom stereocenters. The molecule has 60 valence electrons. The van der Waals surface area contributed by atoms with Gasteiger partial charge in [0, 0.05) is 0 Å². The zero-order valence-corrected chi connectivity index (χ0v) is 7.36. The lowest BCUT2D eigenvalue weighted by Crippen LogP contribution is -1.89. The number of carbonyl (C=O) groups excluding carboxylic acids is 1. The molecule has 0 fully saturated rings. The zero-order valence-electron chi connectivity index (χ0n) is 5.84. The fourth-order valence-electron chi connectivity index (χ4n) is 0.796. The fourth-order valence-corrected chi connectivity index (χ4v) is 1.21. The number of nitriles is 1. The standard InChI is InChI=1S/C8H3Cl2NO/c9-7-1-2-8(10)6(4-12)5(7)3-11/h1-2,4H. The summed E-state index contributed by atoms with van der Waals surface area (Å²) in [5.41, 5.74) is 0.269. The zero-order chi connectivity index (χ0) is 9.14. The van der Waals surface area contributed by atoms with E-state index in [1.54, 1.807) is 0 Å². The van der Waals surface area contributed by atoms with Crippen LogP contribution < -0.4 is 0 Å². The number of rotatable bonds is 1. The van der Waals surface area contributed by atoms with Gasteiger partial charge in [0.25, 0.3) is 0 Å². The summed E-state index contributed by atoms with van der Waals surface area (Å²) in [6.45, 7) is 0. The van der Waals surface area contributed by atoms with E-state index < -0.39 is 0 Å². The van der Waals surface area contributed by atoms with Crippen molar-refractivity contribution in [2.75, 3.05) is 0 Å². The second kappa shape index (κ2) is 3.57. The third kappa shape index (κ3) is 1.42. The summed E-state index contributed by atoms with van der Waals surface area (Å²) >= 11 is 11.3. The highest BCUT2D eigenvalue weighted by Crippen LogP contribution is 2.24. The summed E-state index contributed by atoms with van der Waals surface area (Å²) in [4.78, 5) is 10.5. The van der Waals surface area contributed by atoms with Crippen molar-refractivity contribution in [1.29, 1.82) is 5.26 Å². The smallest absolute Gasteiger partial charge is 0.152 e. The Labute approximate surface area is 79.3 Å². The molecule has 0 unspecified atom stereocenters. The largest absolute Gasteiger partial charge is 0.298 e. The molecule has 0 heterocycles. The predicted octanol–water partition coefficient (Wildman–Crippen LogP) is 2.68. The molecule has 0 amide bonds. The van der Waals surface area contributed by atoms with Gasteiger partial charge in [0.15, 0.2) is 6.29 Å². The van der Waals surface area contributed by atoms with Gasteiger partial charge < -0.3 is 0 Å². The molecule has 1 rings (SSSR count). The van der Waals surface area contributed by atoms with Crippen molar-refractivity contribution in [3.63, 3.8) is 0 Å². The molecule has 2 nitrogen and oxygen atoms in total. The molecule has 0 aliphatic carbocycles. The predicted molar refractivity (Wildman–Crippen MR) is 46.6 cm³/mol. The second-order valence-corrected chi connectivity index (χ2v) is 2.86. The molecular weight excluding hydrogens is 197 g/mol. The van der Waals surface area contributed by atoms with Crippen LogP contribution in [0.1, 0.15) is 15.9 Å². The highest BCUT2D eigenvalue weighted by molar-refractivity contribution is 6.36. The van der Waals surface area contributed by atoms with E-state index in [2.05, 4.69) is 0 Å². The lowest BCUT2D eigenvalue weighted by Gasteiger charge is -1.99. The summed E-state index contributed by atoms with van der Waals surface area (Å²) in [5.74, 6) is 0. The first-order valence-corrected chi connectivity index (χ1v) is 3.79. The fraction of sp³-hybridized carbons (Fsp3) is 0. The topological polar surface area (TPSA) is 40.9 Å². The maximum atomic E-state index is 10.5. The molecule has 0 spiro atoms. The molecule has 1 aromatic carbocycles. The molecule has 12 heavy (non-hydrogen) atoms. The Balaban J connectivity index is 3.52. The minimum Gasteiger partial charge on any atom is -0.298 e. The first-order valence-electron chi connectivity index (χ1n) is 3.04. The molecule has 4 heteroatoms. The average molecular weight is 200 g/mol. The van der Waals surface area contributed by atoms with Crippen molar-refractivity contribution in [2.45, 2.75) is 0 Å². The Morgan fingerprint density at radius 2 is 1.92 bits per heavy atom. The molecule has 0 aromatic heterocycles. The summed E-state index contributed by atoms with van der Waals surface area (Å²) < 4.78 is 0. The number of benzene rings is 1. The van der Waals surface area contributed by atoms with Crippen molar-refractivity contribution in [3.05, 3.63) is 33.3 Å². The van der Waals surface area contributed by atoms with Crippen LogP contribution in [0, 0.1) is 11.3 Å². The number of hydrogen-bond acceptors (Lipinski definition) is 2. The minimum absolute atomic E-state index is 0.124. The van der Waals surface area contributed by atoms with Crippen molar-refractivity contribution in [1.82, 2.24) is 0 Å². The van der Waals surface area contributed by atoms with Gasteiger partial charge in [-0.3, -0.25) is 4.79 Å². The van der Waals surface area contributed by atoms with Gasteiger partial charge in [-0.2, -0.15) is 5.26 Å². The van der Waals surface area contributed by atoms with Gasteiger partial charge in [0.1, 0.15) is 6.07 Å². The average Bonchev–Trinajstić information content (AvgIpc) is 2.08. The van der Waals surface area contributed by atoms with E-state index in [9.17, 15) is 4.79 Å². The van der Waals surface area contributed by atoms with Crippen molar-refractivity contribution in [2.24, 2.45) is 0 Å². The van der Waals surface area contributed by atoms with Gasteiger partial charge >= 0.3 is 0 Å². The number of carbonyl (C=O) groups is 1. The molecular formula is C8H3Cl2NO. The number of hydrogen-bond donors (Lipinski definition) is 0. The second-order valence-electron chi connectivity index (χ2n) is 2.05. The van der Waals surface area contributed by atoms with Gasteiger partial charge in [-0.1, -0.05) is 23.2 Å². The van der Waals surface area contributed by atoms with Gasteiger partial charge in [-0.05, 0) is 12.1 Å². The van der Waals surface area contributed by atoms with E-state index in [-0.39, 0.29) is 21.2 Å². The monoisotopic (exact) mass is 199 g/mol. The maximum absolute atomic E-state index is 10.5. The van der Waals surface area contributed by atoms with Crippen LogP contribution in [0.4, 0.5) is 0 Å². The van der Waals surface area contributed by atoms with Gasteiger partial charge in [0.2, 0.25) is 0 Å². The Bertz CT molecular complexity index is 368. The molecule has 0 saturated heterocycles. The van der Waals surface area contributed by atoms with Crippen LogP contribution in [0.15, 0.2) is 12.1 Å². The lowest BCUT2D eigenvalue weighted by molar-refractivity contribution is 0.112. The molecule has 0 saturated carbocycles. The molecule has 0 bridgehead atoms. The van der Waals surface area contributed by atoms with Gasteiger partial charge in [-0.15, -0.1) is 0 Å². The molecule has 1 aromatic rings. The van der Waals surface area contributed by atoms with Crippen molar-refractivity contribution < 1.29 is 4.79 Å². The van der Waals surface area contributed by atoms with E-state index >= 15 is 0 Å². The lowest BCUT2D eigenvalue weighted by atomic mass is 10.1. The van der Waals surface area contributed by atoms with E-state index in [0.29, 0.717) is 6.29 Å². The Morgan fingerprint density at radius 1 is 1.33 bits per heavy atom. The van der Waals surface area contributed by atoms with Crippen molar-refractivity contribution in [3.8, 4) is 6.07 Å². The first-order chi connectivity index (χ1) is 5.70. The van der Waals surface area contributed by atoms with Gasteiger partial charge in [-0.25, -0.2) is 0 Å². The van der Waals surface area contributed by atoms with E-state index in [0.717, 1.165) is 0 Å². The molecule has 0 aliphatic heterocycles. The summed E-state index contributed by atoms with van der Waals surface area (Å²) in [6.07, 6.45) is 0.521. The SMILES string of the molecule is N#Cc1c(Cl)ccc(Cl)c1C=O.